The molecule has 0 saturated carbocycles. The highest BCUT2D eigenvalue weighted by molar-refractivity contribution is 5.94. The predicted octanol–water partition coefficient (Wildman–Crippen LogP) is 4.70. The van der Waals surface area contributed by atoms with Crippen LogP contribution in [0, 0.1) is 0 Å². The first-order valence-corrected chi connectivity index (χ1v) is 9.16. The van der Waals surface area contributed by atoms with E-state index in [1.54, 1.807) is 73.8 Å². The largest absolute Gasteiger partial charge is 0.497 e. The van der Waals surface area contributed by atoms with Crippen LogP contribution in [0.25, 0.3) is 22.1 Å². The Morgan fingerprint density at radius 1 is 0.833 bits per heavy atom. The molecular formula is C24H18O6. The maximum absolute atomic E-state index is 12.5. The Kier molecular flexibility index (Phi) is 5.22. The summed E-state index contributed by atoms with van der Waals surface area (Å²) in [5.74, 6) is 0.812. The number of ether oxygens (including phenoxy) is 3. The van der Waals surface area contributed by atoms with Gasteiger partial charge in [0.1, 0.15) is 28.4 Å². The molecule has 0 radical (unpaired) electrons. The lowest BCUT2D eigenvalue weighted by atomic mass is 10.1. The van der Waals surface area contributed by atoms with Gasteiger partial charge in [-0.15, -0.1) is 0 Å². The summed E-state index contributed by atoms with van der Waals surface area (Å²) < 4.78 is 21.2. The Morgan fingerprint density at radius 2 is 1.57 bits per heavy atom. The van der Waals surface area contributed by atoms with Crippen molar-refractivity contribution in [3.05, 3.63) is 88.8 Å². The van der Waals surface area contributed by atoms with Crippen molar-refractivity contribution in [1.82, 2.24) is 0 Å². The Balaban J connectivity index is 1.65. The van der Waals surface area contributed by atoms with Gasteiger partial charge in [0.15, 0.2) is 0 Å². The van der Waals surface area contributed by atoms with Gasteiger partial charge in [0.25, 0.3) is 0 Å². The summed E-state index contributed by atoms with van der Waals surface area (Å²) in [6, 6.07) is 20.6. The first kappa shape index (κ1) is 19.3. The number of hydrogen-bond acceptors (Lipinski definition) is 6. The van der Waals surface area contributed by atoms with Crippen molar-refractivity contribution >= 4 is 16.9 Å². The van der Waals surface area contributed by atoms with Crippen LogP contribution in [0.2, 0.25) is 0 Å². The Labute approximate surface area is 172 Å². The molecule has 0 bridgehead atoms. The van der Waals surface area contributed by atoms with Gasteiger partial charge in [0.2, 0.25) is 0 Å². The molecule has 0 aliphatic heterocycles. The van der Waals surface area contributed by atoms with Gasteiger partial charge in [-0.3, -0.25) is 0 Å². The van der Waals surface area contributed by atoms with Crippen LogP contribution in [0.1, 0.15) is 10.4 Å². The van der Waals surface area contributed by atoms with Crippen LogP contribution in [0.4, 0.5) is 0 Å². The van der Waals surface area contributed by atoms with Gasteiger partial charge in [-0.05, 0) is 48.0 Å². The van der Waals surface area contributed by atoms with Gasteiger partial charge in [-0.25, -0.2) is 9.59 Å². The van der Waals surface area contributed by atoms with E-state index in [0.29, 0.717) is 33.6 Å². The Bertz CT molecular complexity index is 1270. The molecule has 0 saturated heterocycles. The zero-order valence-electron chi connectivity index (χ0n) is 16.4. The molecule has 0 spiro atoms. The molecule has 6 nitrogen and oxygen atoms in total. The van der Waals surface area contributed by atoms with Crippen molar-refractivity contribution in [3.8, 4) is 28.4 Å². The molecule has 3 aromatic carbocycles. The molecule has 4 rings (SSSR count). The average Bonchev–Trinajstić information content (AvgIpc) is 2.78. The number of esters is 1. The number of rotatable bonds is 5. The third-order valence-electron chi connectivity index (χ3n) is 4.65. The first-order valence-electron chi connectivity index (χ1n) is 9.16. The highest BCUT2D eigenvalue weighted by Gasteiger charge is 2.15. The maximum atomic E-state index is 12.5. The van der Waals surface area contributed by atoms with Crippen LogP contribution in [0.5, 0.6) is 17.2 Å². The Morgan fingerprint density at radius 3 is 2.30 bits per heavy atom. The summed E-state index contributed by atoms with van der Waals surface area (Å²) in [4.78, 5) is 25.0. The molecular weight excluding hydrogens is 384 g/mol. The molecule has 150 valence electrons. The van der Waals surface area contributed by atoms with Gasteiger partial charge in [0.05, 0.1) is 19.8 Å². The number of hydrogen-bond donors (Lipinski definition) is 0. The molecule has 4 aromatic rings. The molecule has 0 aliphatic rings. The lowest BCUT2D eigenvalue weighted by molar-refractivity contribution is 0.0731. The van der Waals surface area contributed by atoms with E-state index >= 15 is 0 Å². The second-order valence-electron chi connectivity index (χ2n) is 6.47. The van der Waals surface area contributed by atoms with Crippen molar-refractivity contribution in [2.24, 2.45) is 0 Å². The van der Waals surface area contributed by atoms with E-state index in [1.807, 2.05) is 0 Å². The first-order chi connectivity index (χ1) is 14.6. The van der Waals surface area contributed by atoms with Crippen molar-refractivity contribution in [2.75, 3.05) is 14.2 Å². The quantitative estimate of drug-likeness (QED) is 0.274. The van der Waals surface area contributed by atoms with Crippen molar-refractivity contribution in [2.45, 2.75) is 0 Å². The minimum atomic E-state index is -0.566. The lowest BCUT2D eigenvalue weighted by Crippen LogP contribution is -2.10. The van der Waals surface area contributed by atoms with Gasteiger partial charge in [-0.2, -0.15) is 0 Å². The zero-order chi connectivity index (χ0) is 21.1. The number of benzene rings is 3. The van der Waals surface area contributed by atoms with Gasteiger partial charge in [-0.1, -0.05) is 24.3 Å². The molecule has 0 amide bonds. The fraction of sp³-hybridized carbons (Fsp3) is 0.0833. The summed E-state index contributed by atoms with van der Waals surface area (Å²) in [6.07, 6.45) is 0. The van der Waals surface area contributed by atoms with E-state index < -0.39 is 11.6 Å². The second-order valence-corrected chi connectivity index (χ2v) is 6.47. The summed E-state index contributed by atoms with van der Waals surface area (Å²) in [7, 11) is 3.06. The fourth-order valence-corrected chi connectivity index (χ4v) is 3.10. The van der Waals surface area contributed by atoms with Gasteiger partial charge in [0, 0.05) is 11.5 Å². The summed E-state index contributed by atoms with van der Waals surface area (Å²) in [5, 5.41) is 0.706. The second kappa shape index (κ2) is 8.13. The summed E-state index contributed by atoms with van der Waals surface area (Å²) in [6.45, 7) is 0. The van der Waals surface area contributed by atoms with E-state index in [0.717, 1.165) is 5.56 Å². The summed E-state index contributed by atoms with van der Waals surface area (Å²) in [5.41, 5.74) is 1.29. The van der Waals surface area contributed by atoms with E-state index in [2.05, 4.69) is 0 Å². The molecule has 0 N–H and O–H groups in total. The van der Waals surface area contributed by atoms with Crippen molar-refractivity contribution in [1.29, 1.82) is 0 Å². The van der Waals surface area contributed by atoms with Gasteiger partial charge >= 0.3 is 11.6 Å². The number of fused-ring (bicyclic) bond motifs is 1. The molecule has 1 heterocycles. The third-order valence-corrected chi connectivity index (χ3v) is 4.65. The van der Waals surface area contributed by atoms with Crippen molar-refractivity contribution < 1.29 is 23.4 Å². The maximum Gasteiger partial charge on any atom is 0.347 e. The number of carbonyl (C=O) groups excluding carboxylic acids is 1. The zero-order valence-corrected chi connectivity index (χ0v) is 16.4. The van der Waals surface area contributed by atoms with Gasteiger partial charge < -0.3 is 18.6 Å². The minimum Gasteiger partial charge on any atom is -0.497 e. The van der Waals surface area contributed by atoms with E-state index in [1.165, 1.54) is 13.2 Å². The van der Waals surface area contributed by atoms with Crippen molar-refractivity contribution in [3.63, 3.8) is 0 Å². The lowest BCUT2D eigenvalue weighted by Gasteiger charge is -2.09. The third kappa shape index (κ3) is 3.75. The van der Waals surface area contributed by atoms with E-state index in [4.69, 9.17) is 18.6 Å². The molecule has 0 aliphatic carbocycles. The normalized spacial score (nSPS) is 10.6. The molecule has 0 fully saturated rings. The highest BCUT2D eigenvalue weighted by Crippen LogP contribution is 2.27. The highest BCUT2D eigenvalue weighted by atomic mass is 16.5. The molecule has 0 unspecified atom stereocenters. The molecule has 1 aromatic heterocycles. The number of para-hydroxylation sites is 1. The number of methoxy groups -OCH3 is 2. The van der Waals surface area contributed by atoms with Crippen LogP contribution in [-0.2, 0) is 0 Å². The average molecular weight is 402 g/mol. The predicted molar refractivity (Wildman–Crippen MR) is 112 cm³/mol. The Hall–Kier alpha value is -4.06. The van der Waals surface area contributed by atoms with Crippen LogP contribution >= 0.6 is 0 Å². The van der Waals surface area contributed by atoms with Crippen LogP contribution in [-0.4, -0.2) is 20.2 Å². The molecule has 0 atom stereocenters. The van der Waals surface area contributed by atoms with E-state index in [9.17, 15) is 9.59 Å². The van der Waals surface area contributed by atoms with E-state index in [-0.39, 0.29) is 5.75 Å². The number of carbonyl (C=O) groups is 1. The SMILES string of the molecule is COc1ccc(-c2cc3ccc(OC(=O)c4ccccc4OC)cc3oc2=O)cc1. The molecule has 6 heteroatoms. The van der Waals surface area contributed by atoms with Crippen LogP contribution in [0.3, 0.4) is 0 Å². The smallest absolute Gasteiger partial charge is 0.347 e. The monoisotopic (exact) mass is 402 g/mol. The minimum absolute atomic E-state index is 0.263. The summed E-state index contributed by atoms with van der Waals surface area (Å²) >= 11 is 0. The van der Waals surface area contributed by atoms with Crippen LogP contribution < -0.4 is 19.8 Å². The van der Waals surface area contributed by atoms with Crippen LogP contribution in [0.15, 0.2) is 82.0 Å². The fourth-order valence-electron chi connectivity index (χ4n) is 3.10. The topological polar surface area (TPSA) is 75.0 Å². The standard InChI is InChI=1S/C24H18O6/c1-27-17-10-7-15(8-11-17)20-13-16-9-12-18(14-22(16)30-24(20)26)29-23(25)19-5-3-4-6-21(19)28-2/h3-14H,1-2H3. The molecule has 30 heavy (non-hydrogen) atoms.